The number of hydrogen-bond acceptors (Lipinski definition) is 5. The molecule has 0 amide bonds. The summed E-state index contributed by atoms with van der Waals surface area (Å²) in [5, 5.41) is 8.56. The van der Waals surface area contributed by atoms with Crippen LogP contribution in [-0.2, 0) is 0 Å². The monoisotopic (exact) mass is 390 g/mol. The second kappa shape index (κ2) is 7.08. The summed E-state index contributed by atoms with van der Waals surface area (Å²) in [5.41, 5.74) is 4.99. The van der Waals surface area contributed by atoms with Crippen LogP contribution in [0, 0.1) is 0 Å². The lowest BCUT2D eigenvalue weighted by molar-refractivity contribution is 0.249. The molecule has 5 rings (SSSR count). The van der Waals surface area contributed by atoms with Gasteiger partial charge in [0.25, 0.3) is 0 Å². The van der Waals surface area contributed by atoms with E-state index in [4.69, 9.17) is 9.72 Å². The summed E-state index contributed by atoms with van der Waals surface area (Å²) in [6, 6.07) is 13.1. The number of nitrogens with one attached hydrogen (secondary N) is 2. The maximum absolute atomic E-state index is 5.37. The Labute approximate surface area is 169 Å². The van der Waals surface area contributed by atoms with E-state index < -0.39 is 0 Å². The van der Waals surface area contributed by atoms with Crippen LogP contribution in [-0.4, -0.2) is 65.4 Å². The van der Waals surface area contributed by atoms with Gasteiger partial charge in [0.05, 0.1) is 23.7 Å². The van der Waals surface area contributed by atoms with Crippen LogP contribution in [0.25, 0.3) is 33.5 Å². The molecular formula is C22H26N6O. The molecule has 1 aliphatic rings. The molecule has 1 aliphatic heterocycles. The summed E-state index contributed by atoms with van der Waals surface area (Å²) in [6.07, 6.45) is 2.38. The van der Waals surface area contributed by atoms with E-state index in [2.05, 4.69) is 57.3 Å². The first kappa shape index (κ1) is 18.0. The first-order chi connectivity index (χ1) is 14.1. The summed E-state index contributed by atoms with van der Waals surface area (Å²) >= 11 is 0. The number of fused-ring (bicyclic) bond motifs is 2. The Bertz CT molecular complexity index is 1150. The Morgan fingerprint density at radius 1 is 1.07 bits per heavy atom. The zero-order valence-electron chi connectivity index (χ0n) is 17.1. The fourth-order valence-corrected chi connectivity index (χ4v) is 4.24. The summed E-state index contributed by atoms with van der Waals surface area (Å²) in [7, 11) is 6.02. The molecular weight excluding hydrogens is 364 g/mol. The molecule has 0 aliphatic carbocycles. The SMILES string of the molecule is COc1ccc2[nH]nc(-c3nc4cc(N5CCC(N(C)C)CC5)ccc4[nH]3)c2c1. The van der Waals surface area contributed by atoms with E-state index in [0.29, 0.717) is 6.04 Å². The molecule has 29 heavy (non-hydrogen) atoms. The summed E-state index contributed by atoms with van der Waals surface area (Å²) < 4.78 is 5.37. The van der Waals surface area contributed by atoms with Crippen molar-refractivity contribution in [1.29, 1.82) is 0 Å². The minimum atomic E-state index is 0.678. The van der Waals surface area contributed by atoms with Gasteiger partial charge in [0.1, 0.15) is 11.4 Å². The van der Waals surface area contributed by atoms with Gasteiger partial charge in [-0.15, -0.1) is 0 Å². The molecule has 0 atom stereocenters. The predicted molar refractivity (Wildman–Crippen MR) is 117 cm³/mol. The topological polar surface area (TPSA) is 73.1 Å². The van der Waals surface area contributed by atoms with Gasteiger partial charge in [-0.3, -0.25) is 5.10 Å². The molecule has 0 radical (unpaired) electrons. The number of benzene rings is 2. The van der Waals surface area contributed by atoms with Crippen molar-refractivity contribution >= 4 is 27.6 Å². The predicted octanol–water partition coefficient (Wildman–Crippen LogP) is 3.65. The van der Waals surface area contributed by atoms with Gasteiger partial charge in [-0.1, -0.05) is 0 Å². The number of anilines is 1. The minimum absolute atomic E-state index is 0.678. The smallest absolute Gasteiger partial charge is 0.159 e. The Balaban J connectivity index is 1.46. The minimum Gasteiger partial charge on any atom is -0.497 e. The number of H-pyrrole nitrogens is 2. The molecule has 2 aromatic carbocycles. The largest absolute Gasteiger partial charge is 0.497 e. The number of imidazole rings is 1. The normalized spacial score (nSPS) is 15.7. The van der Waals surface area contributed by atoms with E-state index in [1.54, 1.807) is 7.11 Å². The van der Waals surface area contributed by atoms with Crippen LogP contribution in [0.1, 0.15) is 12.8 Å². The number of rotatable bonds is 4. The number of aromatic amines is 2. The van der Waals surface area contributed by atoms with Crippen LogP contribution in [0.3, 0.4) is 0 Å². The highest BCUT2D eigenvalue weighted by Crippen LogP contribution is 2.30. The van der Waals surface area contributed by atoms with Crippen LogP contribution >= 0.6 is 0 Å². The molecule has 2 N–H and O–H groups in total. The first-order valence-corrected chi connectivity index (χ1v) is 10.1. The van der Waals surface area contributed by atoms with Crippen molar-refractivity contribution in [2.24, 2.45) is 0 Å². The fraction of sp³-hybridized carbons (Fsp3) is 0.364. The van der Waals surface area contributed by atoms with Gasteiger partial charge in [0.2, 0.25) is 0 Å². The summed E-state index contributed by atoms with van der Waals surface area (Å²) in [5.74, 6) is 1.57. The second-order valence-corrected chi connectivity index (χ2v) is 7.95. The van der Waals surface area contributed by atoms with Gasteiger partial charge in [0, 0.05) is 30.2 Å². The van der Waals surface area contributed by atoms with E-state index in [9.17, 15) is 0 Å². The molecule has 1 saturated heterocycles. The highest BCUT2D eigenvalue weighted by atomic mass is 16.5. The Hall–Kier alpha value is -3.06. The van der Waals surface area contributed by atoms with Crippen LogP contribution < -0.4 is 9.64 Å². The number of ether oxygens (including phenoxy) is 1. The molecule has 2 aromatic heterocycles. The molecule has 7 heteroatoms. The second-order valence-electron chi connectivity index (χ2n) is 7.95. The lowest BCUT2D eigenvalue weighted by Gasteiger charge is -2.36. The van der Waals surface area contributed by atoms with Crippen molar-refractivity contribution < 1.29 is 4.74 Å². The van der Waals surface area contributed by atoms with Gasteiger partial charge in [-0.25, -0.2) is 4.98 Å². The summed E-state index contributed by atoms with van der Waals surface area (Å²) in [4.78, 5) is 13.1. The molecule has 150 valence electrons. The quantitative estimate of drug-likeness (QED) is 0.557. The van der Waals surface area contributed by atoms with Crippen LogP contribution in [0.4, 0.5) is 5.69 Å². The van der Waals surface area contributed by atoms with E-state index >= 15 is 0 Å². The van der Waals surface area contributed by atoms with Crippen LogP contribution in [0.2, 0.25) is 0 Å². The lowest BCUT2D eigenvalue weighted by atomic mass is 10.0. The van der Waals surface area contributed by atoms with Gasteiger partial charge in [0.15, 0.2) is 5.82 Å². The van der Waals surface area contributed by atoms with E-state index in [0.717, 1.165) is 52.3 Å². The number of nitrogens with zero attached hydrogens (tertiary/aromatic N) is 4. The number of hydrogen-bond donors (Lipinski definition) is 2. The first-order valence-electron chi connectivity index (χ1n) is 10.1. The molecule has 7 nitrogen and oxygen atoms in total. The highest BCUT2D eigenvalue weighted by Gasteiger charge is 2.21. The maximum Gasteiger partial charge on any atom is 0.159 e. The van der Waals surface area contributed by atoms with Gasteiger partial charge in [-0.05, 0) is 63.3 Å². The zero-order chi connectivity index (χ0) is 20.0. The van der Waals surface area contributed by atoms with Crippen molar-refractivity contribution in [3.05, 3.63) is 36.4 Å². The number of aromatic nitrogens is 4. The van der Waals surface area contributed by atoms with Crippen molar-refractivity contribution in [3.63, 3.8) is 0 Å². The zero-order valence-corrected chi connectivity index (χ0v) is 17.1. The Kier molecular flexibility index (Phi) is 4.39. The third-order valence-corrected chi connectivity index (χ3v) is 6.02. The van der Waals surface area contributed by atoms with Crippen molar-refractivity contribution in [3.8, 4) is 17.3 Å². The van der Waals surface area contributed by atoms with E-state index in [-0.39, 0.29) is 0 Å². The number of methoxy groups -OCH3 is 1. The molecule has 0 spiro atoms. The van der Waals surface area contributed by atoms with Crippen molar-refractivity contribution in [1.82, 2.24) is 25.1 Å². The third kappa shape index (κ3) is 3.21. The number of piperidine rings is 1. The standard InChI is InChI=1S/C22H26N6O/c1-27(2)14-8-10-28(11-9-14)15-4-6-19-20(12-15)24-22(23-19)21-17-13-16(29-3)5-7-18(17)25-26-21/h4-7,12-14H,8-11H2,1-3H3,(H,23,24)(H,25,26). The summed E-state index contributed by atoms with van der Waals surface area (Å²) in [6.45, 7) is 2.16. The van der Waals surface area contributed by atoms with Gasteiger partial charge >= 0.3 is 0 Å². The Morgan fingerprint density at radius 2 is 1.86 bits per heavy atom. The van der Waals surface area contributed by atoms with Crippen LogP contribution in [0.15, 0.2) is 36.4 Å². The molecule has 0 unspecified atom stereocenters. The fourth-order valence-electron chi connectivity index (χ4n) is 4.24. The highest BCUT2D eigenvalue weighted by molar-refractivity contribution is 5.94. The molecule has 0 saturated carbocycles. The average Bonchev–Trinajstić information content (AvgIpc) is 3.36. The van der Waals surface area contributed by atoms with Crippen LogP contribution in [0.5, 0.6) is 5.75 Å². The van der Waals surface area contributed by atoms with Gasteiger partial charge < -0.3 is 19.5 Å². The van der Waals surface area contributed by atoms with Crippen molar-refractivity contribution in [2.45, 2.75) is 18.9 Å². The molecule has 3 heterocycles. The molecule has 1 fully saturated rings. The van der Waals surface area contributed by atoms with Crippen molar-refractivity contribution in [2.75, 3.05) is 39.2 Å². The maximum atomic E-state index is 5.37. The average molecular weight is 390 g/mol. The third-order valence-electron chi connectivity index (χ3n) is 6.02. The Morgan fingerprint density at radius 3 is 2.62 bits per heavy atom. The lowest BCUT2D eigenvalue weighted by Crippen LogP contribution is -2.41. The van der Waals surface area contributed by atoms with E-state index in [1.807, 2.05) is 18.2 Å². The van der Waals surface area contributed by atoms with Gasteiger partial charge in [-0.2, -0.15) is 5.10 Å². The van der Waals surface area contributed by atoms with E-state index in [1.165, 1.54) is 18.5 Å². The molecule has 4 aromatic rings. The molecule has 0 bridgehead atoms.